The van der Waals surface area contributed by atoms with Crippen molar-refractivity contribution in [3.63, 3.8) is 0 Å². The number of rotatable bonds is 6. The molecule has 2 N–H and O–H groups in total. The van der Waals surface area contributed by atoms with Gasteiger partial charge in [0.1, 0.15) is 12.4 Å². The van der Waals surface area contributed by atoms with Crippen LogP contribution < -0.4 is 15.4 Å². The summed E-state index contributed by atoms with van der Waals surface area (Å²) in [6.45, 7) is 1.34. The molecule has 0 aliphatic heterocycles. The summed E-state index contributed by atoms with van der Waals surface area (Å²) in [4.78, 5) is 15.5. The van der Waals surface area contributed by atoms with Crippen molar-refractivity contribution in [3.8, 4) is 5.75 Å². The number of benzene rings is 1. The van der Waals surface area contributed by atoms with E-state index in [1.165, 1.54) is 0 Å². The molecule has 1 aromatic carbocycles. The first-order chi connectivity index (χ1) is 10.2. The van der Waals surface area contributed by atoms with Gasteiger partial charge in [-0.1, -0.05) is 15.9 Å². The third kappa shape index (κ3) is 5.83. The zero-order chi connectivity index (χ0) is 14.9. The first-order valence-electron chi connectivity index (χ1n) is 6.53. The van der Waals surface area contributed by atoms with Crippen LogP contribution in [0.3, 0.4) is 0 Å². The highest BCUT2D eigenvalue weighted by atomic mass is 79.9. The van der Waals surface area contributed by atoms with Crippen LogP contribution in [0.2, 0.25) is 0 Å². The second-order valence-corrected chi connectivity index (χ2v) is 5.18. The molecule has 0 aliphatic rings. The van der Waals surface area contributed by atoms with E-state index in [1.54, 1.807) is 12.4 Å². The summed E-state index contributed by atoms with van der Waals surface area (Å²) in [7, 11) is 0. The van der Waals surface area contributed by atoms with E-state index >= 15 is 0 Å². The Morgan fingerprint density at radius 1 is 1.10 bits per heavy atom. The molecule has 1 aromatic heterocycles. The van der Waals surface area contributed by atoms with Crippen molar-refractivity contribution in [1.29, 1.82) is 0 Å². The van der Waals surface area contributed by atoms with Gasteiger partial charge in [-0.25, -0.2) is 4.79 Å². The van der Waals surface area contributed by atoms with E-state index in [9.17, 15) is 4.79 Å². The van der Waals surface area contributed by atoms with Gasteiger partial charge in [-0.05, 0) is 42.0 Å². The lowest BCUT2D eigenvalue weighted by Crippen LogP contribution is -2.37. The Balaban J connectivity index is 1.60. The van der Waals surface area contributed by atoms with Crippen molar-refractivity contribution in [2.75, 3.05) is 13.2 Å². The molecule has 2 amide bonds. The molecule has 6 heteroatoms. The Hall–Kier alpha value is -2.08. The summed E-state index contributed by atoms with van der Waals surface area (Å²) >= 11 is 3.36. The molecule has 5 nitrogen and oxygen atoms in total. The quantitative estimate of drug-likeness (QED) is 0.788. The van der Waals surface area contributed by atoms with Crippen molar-refractivity contribution >= 4 is 22.0 Å². The SMILES string of the molecule is O=C(NCCOc1ccc(Br)cc1)NCc1ccncc1. The molecule has 0 fully saturated rings. The van der Waals surface area contributed by atoms with Crippen LogP contribution in [-0.4, -0.2) is 24.2 Å². The van der Waals surface area contributed by atoms with Crippen LogP contribution in [0.4, 0.5) is 4.79 Å². The number of aromatic nitrogens is 1. The highest BCUT2D eigenvalue weighted by Crippen LogP contribution is 2.15. The summed E-state index contributed by atoms with van der Waals surface area (Å²) < 4.78 is 6.51. The maximum Gasteiger partial charge on any atom is 0.315 e. The van der Waals surface area contributed by atoms with Gasteiger partial charge in [0.2, 0.25) is 0 Å². The Morgan fingerprint density at radius 2 is 1.81 bits per heavy atom. The van der Waals surface area contributed by atoms with Crippen molar-refractivity contribution in [2.24, 2.45) is 0 Å². The van der Waals surface area contributed by atoms with Gasteiger partial charge in [-0.2, -0.15) is 0 Å². The Bertz CT molecular complexity index is 561. The minimum absolute atomic E-state index is 0.216. The highest BCUT2D eigenvalue weighted by Gasteiger charge is 2.00. The number of urea groups is 1. The minimum Gasteiger partial charge on any atom is -0.492 e. The van der Waals surface area contributed by atoms with Gasteiger partial charge in [0.25, 0.3) is 0 Å². The van der Waals surface area contributed by atoms with Gasteiger partial charge in [0.15, 0.2) is 0 Å². The summed E-state index contributed by atoms with van der Waals surface area (Å²) in [5.74, 6) is 0.775. The second kappa shape index (κ2) is 8.26. The van der Waals surface area contributed by atoms with Gasteiger partial charge in [0.05, 0.1) is 6.54 Å². The van der Waals surface area contributed by atoms with E-state index in [0.717, 1.165) is 15.8 Å². The standard InChI is InChI=1S/C15H16BrN3O2/c16-13-1-3-14(4-2-13)21-10-9-18-15(20)19-11-12-5-7-17-8-6-12/h1-8H,9-11H2,(H2,18,19,20). The number of amides is 2. The average molecular weight is 350 g/mol. The van der Waals surface area contributed by atoms with Crippen molar-refractivity contribution in [3.05, 3.63) is 58.8 Å². The number of hydrogen-bond donors (Lipinski definition) is 2. The van der Waals surface area contributed by atoms with E-state index in [0.29, 0.717) is 19.7 Å². The third-order valence-electron chi connectivity index (χ3n) is 2.67. The van der Waals surface area contributed by atoms with Gasteiger partial charge in [-0.3, -0.25) is 4.98 Å². The van der Waals surface area contributed by atoms with Crippen LogP contribution in [0, 0.1) is 0 Å². The topological polar surface area (TPSA) is 63.2 Å². The van der Waals surface area contributed by atoms with Gasteiger partial charge >= 0.3 is 6.03 Å². The Morgan fingerprint density at radius 3 is 2.52 bits per heavy atom. The molecule has 2 aromatic rings. The number of halogens is 1. The molecule has 2 rings (SSSR count). The van der Waals surface area contributed by atoms with Crippen LogP contribution in [0.5, 0.6) is 5.75 Å². The second-order valence-electron chi connectivity index (χ2n) is 4.27. The zero-order valence-corrected chi connectivity index (χ0v) is 13.0. The first kappa shape index (κ1) is 15.3. The molecule has 0 radical (unpaired) electrons. The van der Waals surface area contributed by atoms with Crippen LogP contribution in [0.25, 0.3) is 0 Å². The van der Waals surface area contributed by atoms with Gasteiger partial charge in [-0.15, -0.1) is 0 Å². The number of carbonyl (C=O) groups excluding carboxylic acids is 1. The molecule has 21 heavy (non-hydrogen) atoms. The number of nitrogens with zero attached hydrogens (tertiary/aromatic N) is 1. The predicted molar refractivity (Wildman–Crippen MR) is 84.1 cm³/mol. The molecule has 1 heterocycles. The molecule has 0 spiro atoms. The van der Waals surface area contributed by atoms with Crippen molar-refractivity contribution < 1.29 is 9.53 Å². The third-order valence-corrected chi connectivity index (χ3v) is 3.20. The molecule has 0 aliphatic carbocycles. The summed E-state index contributed by atoms with van der Waals surface area (Å²) in [6, 6.07) is 11.1. The number of ether oxygens (including phenoxy) is 1. The fourth-order valence-electron chi connectivity index (χ4n) is 1.61. The number of hydrogen-bond acceptors (Lipinski definition) is 3. The Labute approximate surface area is 131 Å². The normalized spacial score (nSPS) is 9.95. The van der Waals surface area contributed by atoms with E-state index in [-0.39, 0.29) is 6.03 Å². The first-order valence-corrected chi connectivity index (χ1v) is 7.32. The van der Waals surface area contributed by atoms with Crippen LogP contribution in [0.1, 0.15) is 5.56 Å². The maximum atomic E-state index is 11.6. The number of pyridine rings is 1. The lowest BCUT2D eigenvalue weighted by atomic mass is 10.3. The molecule has 0 bridgehead atoms. The average Bonchev–Trinajstić information content (AvgIpc) is 2.52. The van der Waals surface area contributed by atoms with E-state index in [4.69, 9.17) is 4.74 Å². The van der Waals surface area contributed by atoms with Crippen LogP contribution in [-0.2, 0) is 6.54 Å². The lowest BCUT2D eigenvalue weighted by Gasteiger charge is -2.09. The van der Waals surface area contributed by atoms with Crippen molar-refractivity contribution in [2.45, 2.75) is 6.54 Å². The minimum atomic E-state index is -0.216. The summed E-state index contributed by atoms with van der Waals surface area (Å²) in [5.41, 5.74) is 1.01. The fourth-order valence-corrected chi connectivity index (χ4v) is 1.87. The highest BCUT2D eigenvalue weighted by molar-refractivity contribution is 9.10. The maximum absolute atomic E-state index is 11.6. The van der Waals surface area contributed by atoms with Crippen molar-refractivity contribution in [1.82, 2.24) is 15.6 Å². The Kier molecular flexibility index (Phi) is 6.02. The van der Waals surface area contributed by atoms with E-state index in [2.05, 4.69) is 31.5 Å². The summed E-state index contributed by atoms with van der Waals surface area (Å²) in [5, 5.41) is 5.50. The van der Waals surface area contributed by atoms with Crippen LogP contribution in [0.15, 0.2) is 53.3 Å². The molecule has 0 saturated carbocycles. The molecular formula is C15H16BrN3O2. The summed E-state index contributed by atoms with van der Waals surface area (Å²) in [6.07, 6.45) is 3.39. The molecule has 0 unspecified atom stereocenters. The largest absolute Gasteiger partial charge is 0.492 e. The van der Waals surface area contributed by atoms with Crippen LogP contribution >= 0.6 is 15.9 Å². The van der Waals surface area contributed by atoms with E-state index < -0.39 is 0 Å². The monoisotopic (exact) mass is 349 g/mol. The smallest absolute Gasteiger partial charge is 0.315 e. The fraction of sp³-hybridized carbons (Fsp3) is 0.200. The number of carbonyl (C=O) groups is 1. The molecule has 0 atom stereocenters. The predicted octanol–water partition coefficient (Wildman–Crippen LogP) is 2.72. The lowest BCUT2D eigenvalue weighted by molar-refractivity contribution is 0.236. The number of nitrogens with one attached hydrogen (secondary N) is 2. The molecular weight excluding hydrogens is 334 g/mol. The van der Waals surface area contributed by atoms with Gasteiger partial charge in [0, 0.05) is 23.4 Å². The van der Waals surface area contributed by atoms with Gasteiger partial charge < -0.3 is 15.4 Å². The molecule has 0 saturated heterocycles. The molecule has 110 valence electrons. The zero-order valence-electron chi connectivity index (χ0n) is 11.4. The van der Waals surface area contributed by atoms with E-state index in [1.807, 2.05) is 36.4 Å².